The number of anilines is 1. The normalized spacial score (nSPS) is 10.4. The maximum Gasteiger partial charge on any atom is 0.230 e. The monoisotopic (exact) mass is 381 g/mol. The summed E-state index contributed by atoms with van der Waals surface area (Å²) in [4.78, 5) is 23.3. The van der Waals surface area contributed by atoms with E-state index in [-0.39, 0.29) is 17.6 Å². The van der Waals surface area contributed by atoms with E-state index in [2.05, 4.69) is 20.8 Å². The third-order valence-electron chi connectivity index (χ3n) is 3.63. The van der Waals surface area contributed by atoms with Crippen molar-refractivity contribution in [2.45, 2.75) is 18.6 Å². The molecule has 0 atom stereocenters. The Morgan fingerprint density at radius 2 is 1.93 bits per heavy atom. The minimum Gasteiger partial charge on any atom is -0.351 e. The molecule has 0 radical (unpaired) electrons. The molecule has 8 heteroatoms. The number of nitrogens with zero attached hydrogens (tertiary/aromatic N) is 3. The van der Waals surface area contributed by atoms with Gasteiger partial charge in [0.05, 0.1) is 11.4 Å². The minimum atomic E-state index is -0.138. The van der Waals surface area contributed by atoms with Gasteiger partial charge in [-0.05, 0) is 23.8 Å². The van der Waals surface area contributed by atoms with E-state index in [4.69, 9.17) is 0 Å². The number of hydrogen-bond acceptors (Lipinski definition) is 5. The van der Waals surface area contributed by atoms with Gasteiger partial charge in [-0.1, -0.05) is 48.2 Å². The van der Waals surface area contributed by atoms with Crippen LogP contribution in [0.25, 0.3) is 5.69 Å². The van der Waals surface area contributed by atoms with Crippen LogP contribution in [0, 0.1) is 0 Å². The summed E-state index contributed by atoms with van der Waals surface area (Å²) in [5.74, 6) is 0.0164. The highest BCUT2D eigenvalue weighted by Gasteiger charge is 2.11. The lowest BCUT2D eigenvalue weighted by Crippen LogP contribution is -2.24. The SMILES string of the molecule is CC(=O)Nc1cccc(-n2cnnc2SCC(=O)NCc2ccccc2)c1. The molecule has 0 bridgehead atoms. The minimum absolute atomic E-state index is 0.0783. The molecule has 3 aromatic rings. The third-order valence-corrected chi connectivity index (χ3v) is 4.57. The molecule has 138 valence electrons. The van der Waals surface area contributed by atoms with E-state index in [1.54, 1.807) is 17.0 Å². The van der Waals surface area contributed by atoms with Gasteiger partial charge in [0.1, 0.15) is 6.33 Å². The van der Waals surface area contributed by atoms with Crippen LogP contribution < -0.4 is 10.6 Å². The lowest BCUT2D eigenvalue weighted by molar-refractivity contribution is -0.118. The molecule has 0 fully saturated rings. The molecule has 0 spiro atoms. The van der Waals surface area contributed by atoms with Crippen LogP contribution in [0.1, 0.15) is 12.5 Å². The molecule has 0 unspecified atom stereocenters. The number of carbonyl (C=O) groups is 2. The van der Waals surface area contributed by atoms with Gasteiger partial charge < -0.3 is 10.6 Å². The second kappa shape index (κ2) is 9.00. The van der Waals surface area contributed by atoms with Crippen LogP contribution in [0.4, 0.5) is 5.69 Å². The molecule has 27 heavy (non-hydrogen) atoms. The molecule has 2 amide bonds. The second-order valence-electron chi connectivity index (χ2n) is 5.77. The zero-order valence-electron chi connectivity index (χ0n) is 14.8. The summed E-state index contributed by atoms with van der Waals surface area (Å²) in [6.45, 7) is 1.95. The summed E-state index contributed by atoms with van der Waals surface area (Å²) in [5, 5.41) is 14.2. The fourth-order valence-corrected chi connectivity index (χ4v) is 3.17. The Morgan fingerprint density at radius 3 is 2.70 bits per heavy atom. The van der Waals surface area contributed by atoms with Gasteiger partial charge >= 0.3 is 0 Å². The topological polar surface area (TPSA) is 88.9 Å². The van der Waals surface area contributed by atoms with Crippen LogP contribution >= 0.6 is 11.8 Å². The smallest absolute Gasteiger partial charge is 0.230 e. The summed E-state index contributed by atoms with van der Waals surface area (Å²) in [5.41, 5.74) is 2.54. The molecule has 3 rings (SSSR count). The summed E-state index contributed by atoms with van der Waals surface area (Å²) >= 11 is 1.30. The molecule has 2 N–H and O–H groups in total. The lowest BCUT2D eigenvalue weighted by atomic mass is 10.2. The largest absolute Gasteiger partial charge is 0.351 e. The number of nitrogens with one attached hydrogen (secondary N) is 2. The Balaban J connectivity index is 1.60. The van der Waals surface area contributed by atoms with Crippen molar-refractivity contribution in [2.75, 3.05) is 11.1 Å². The van der Waals surface area contributed by atoms with Crippen molar-refractivity contribution < 1.29 is 9.59 Å². The third kappa shape index (κ3) is 5.42. The molecular formula is C19H19N5O2S. The van der Waals surface area contributed by atoms with Crippen LogP contribution in [0.15, 0.2) is 66.1 Å². The van der Waals surface area contributed by atoms with Crippen LogP contribution in [0.3, 0.4) is 0 Å². The van der Waals surface area contributed by atoms with Crippen molar-refractivity contribution in [3.8, 4) is 5.69 Å². The van der Waals surface area contributed by atoms with Gasteiger partial charge in [0.15, 0.2) is 5.16 Å². The molecule has 0 saturated heterocycles. The summed E-state index contributed by atoms with van der Waals surface area (Å²) in [6.07, 6.45) is 1.58. The number of thioether (sulfide) groups is 1. The van der Waals surface area contributed by atoms with Gasteiger partial charge in [-0.15, -0.1) is 10.2 Å². The van der Waals surface area contributed by atoms with Crippen LogP contribution in [-0.4, -0.2) is 32.3 Å². The first-order chi connectivity index (χ1) is 13.1. The van der Waals surface area contributed by atoms with Crippen molar-refractivity contribution in [3.05, 3.63) is 66.5 Å². The molecule has 1 aromatic heterocycles. The molecule has 0 aliphatic rings. The molecule has 0 aliphatic carbocycles. The van der Waals surface area contributed by atoms with Crippen molar-refractivity contribution in [2.24, 2.45) is 0 Å². The van der Waals surface area contributed by atoms with E-state index >= 15 is 0 Å². The highest BCUT2D eigenvalue weighted by Crippen LogP contribution is 2.21. The van der Waals surface area contributed by atoms with Crippen molar-refractivity contribution in [1.82, 2.24) is 20.1 Å². The summed E-state index contributed by atoms with van der Waals surface area (Å²) in [6, 6.07) is 17.1. The second-order valence-corrected chi connectivity index (χ2v) is 6.71. The standard InChI is InChI=1S/C19H19N5O2S/c1-14(25)22-16-8-5-9-17(10-16)24-13-21-23-19(24)27-12-18(26)20-11-15-6-3-2-4-7-15/h2-10,13H,11-12H2,1H3,(H,20,26)(H,22,25). The maximum atomic E-state index is 12.1. The fourth-order valence-electron chi connectivity index (χ4n) is 2.41. The Labute approximate surface area is 161 Å². The van der Waals surface area contributed by atoms with Crippen LogP contribution in [0.5, 0.6) is 0 Å². The van der Waals surface area contributed by atoms with Gasteiger partial charge in [0.25, 0.3) is 0 Å². The van der Waals surface area contributed by atoms with E-state index in [0.29, 0.717) is 17.4 Å². The fraction of sp³-hybridized carbons (Fsp3) is 0.158. The van der Waals surface area contributed by atoms with E-state index < -0.39 is 0 Å². The Kier molecular flexibility index (Phi) is 6.22. The van der Waals surface area contributed by atoms with Gasteiger partial charge in [0, 0.05) is 19.2 Å². The Morgan fingerprint density at radius 1 is 1.11 bits per heavy atom. The Hall–Kier alpha value is -3.13. The number of hydrogen-bond donors (Lipinski definition) is 2. The van der Waals surface area contributed by atoms with Crippen LogP contribution in [0.2, 0.25) is 0 Å². The molecular weight excluding hydrogens is 362 g/mol. The number of carbonyl (C=O) groups excluding carboxylic acids is 2. The summed E-state index contributed by atoms with van der Waals surface area (Å²) < 4.78 is 1.78. The number of aromatic nitrogens is 3. The number of benzene rings is 2. The van der Waals surface area contributed by atoms with Crippen molar-refractivity contribution in [3.63, 3.8) is 0 Å². The molecule has 0 saturated carbocycles. The molecule has 7 nitrogen and oxygen atoms in total. The quantitative estimate of drug-likeness (QED) is 0.614. The van der Waals surface area contributed by atoms with Gasteiger partial charge in [-0.2, -0.15) is 0 Å². The van der Waals surface area contributed by atoms with Crippen LogP contribution in [-0.2, 0) is 16.1 Å². The molecule has 2 aromatic carbocycles. The molecule has 0 aliphatic heterocycles. The van der Waals surface area contributed by atoms with Crippen molar-refractivity contribution in [1.29, 1.82) is 0 Å². The first-order valence-electron chi connectivity index (χ1n) is 8.33. The lowest BCUT2D eigenvalue weighted by Gasteiger charge is -2.09. The first-order valence-corrected chi connectivity index (χ1v) is 9.32. The van der Waals surface area contributed by atoms with Gasteiger partial charge in [-0.25, -0.2) is 0 Å². The predicted octanol–water partition coefficient (Wildman–Crippen LogP) is 2.63. The first kappa shape index (κ1) is 18.7. The highest BCUT2D eigenvalue weighted by molar-refractivity contribution is 7.99. The average molecular weight is 381 g/mol. The zero-order chi connectivity index (χ0) is 19.1. The van der Waals surface area contributed by atoms with Crippen molar-refractivity contribution >= 4 is 29.3 Å². The average Bonchev–Trinajstić information content (AvgIpc) is 3.14. The van der Waals surface area contributed by atoms with Gasteiger partial charge in [0.2, 0.25) is 11.8 Å². The predicted molar refractivity (Wildman–Crippen MR) is 105 cm³/mol. The maximum absolute atomic E-state index is 12.1. The van der Waals surface area contributed by atoms with E-state index in [0.717, 1.165) is 11.3 Å². The van der Waals surface area contributed by atoms with E-state index in [9.17, 15) is 9.59 Å². The molecule has 1 heterocycles. The van der Waals surface area contributed by atoms with E-state index in [1.165, 1.54) is 18.7 Å². The van der Waals surface area contributed by atoms with Gasteiger partial charge in [-0.3, -0.25) is 14.2 Å². The highest BCUT2D eigenvalue weighted by atomic mass is 32.2. The number of rotatable bonds is 7. The number of amides is 2. The van der Waals surface area contributed by atoms with E-state index in [1.807, 2.05) is 48.5 Å². The Bertz CT molecular complexity index is 927. The zero-order valence-corrected chi connectivity index (χ0v) is 15.6. The summed E-state index contributed by atoms with van der Waals surface area (Å²) in [7, 11) is 0.